The number of aromatic amines is 1. The van der Waals surface area contributed by atoms with Crippen LogP contribution in [0.4, 0.5) is 23.2 Å². The average molecular weight is 428 g/mol. The van der Waals surface area contributed by atoms with Crippen LogP contribution >= 0.6 is 0 Å². The van der Waals surface area contributed by atoms with Crippen LogP contribution in [0.5, 0.6) is 5.75 Å². The van der Waals surface area contributed by atoms with E-state index in [-0.39, 0.29) is 31.1 Å². The van der Waals surface area contributed by atoms with E-state index in [4.69, 9.17) is 9.47 Å². The van der Waals surface area contributed by atoms with Crippen molar-refractivity contribution in [2.24, 2.45) is 0 Å². The second-order valence-electron chi connectivity index (χ2n) is 7.17. The molecule has 30 heavy (non-hydrogen) atoms. The van der Waals surface area contributed by atoms with Crippen LogP contribution in [0.15, 0.2) is 23.1 Å². The third-order valence-corrected chi connectivity index (χ3v) is 5.21. The minimum atomic E-state index is -4.83. The minimum Gasteiger partial charge on any atom is -0.489 e. The summed E-state index contributed by atoms with van der Waals surface area (Å²) in [7, 11) is 0. The van der Waals surface area contributed by atoms with Gasteiger partial charge in [-0.3, -0.25) is 9.69 Å². The van der Waals surface area contributed by atoms with Gasteiger partial charge in [-0.25, -0.2) is 9.49 Å². The van der Waals surface area contributed by atoms with Gasteiger partial charge < -0.3 is 14.4 Å². The maximum absolute atomic E-state index is 14.4. The summed E-state index contributed by atoms with van der Waals surface area (Å²) in [6.07, 6.45) is -3.87. The lowest BCUT2D eigenvalue weighted by molar-refractivity contribution is -0.138. The maximum atomic E-state index is 14.4. The molecule has 1 fully saturated rings. The number of hydrogen-bond acceptors (Lipinski definition) is 6. The Morgan fingerprint density at radius 2 is 1.87 bits per heavy atom. The molecule has 3 heterocycles. The lowest BCUT2D eigenvalue weighted by Crippen LogP contribution is -2.38. The first-order valence-corrected chi connectivity index (χ1v) is 9.47. The predicted octanol–water partition coefficient (Wildman–Crippen LogP) is 2.16. The van der Waals surface area contributed by atoms with Gasteiger partial charge in [0.05, 0.1) is 25.1 Å². The van der Waals surface area contributed by atoms with Crippen LogP contribution in [-0.4, -0.2) is 54.6 Å². The molecule has 1 aromatic heterocycles. The Morgan fingerprint density at radius 1 is 1.17 bits per heavy atom. The van der Waals surface area contributed by atoms with E-state index in [0.717, 1.165) is 19.3 Å². The van der Waals surface area contributed by atoms with Crippen molar-refractivity contribution in [2.75, 3.05) is 44.4 Å². The van der Waals surface area contributed by atoms with Crippen molar-refractivity contribution in [1.82, 2.24) is 15.1 Å². The number of H-pyrrole nitrogens is 1. The van der Waals surface area contributed by atoms with Gasteiger partial charge in [-0.1, -0.05) is 0 Å². The van der Waals surface area contributed by atoms with Crippen LogP contribution in [0.1, 0.15) is 16.7 Å². The normalized spacial score (nSPS) is 17.3. The highest BCUT2D eigenvalue weighted by molar-refractivity contribution is 5.57. The van der Waals surface area contributed by atoms with Gasteiger partial charge in [0.15, 0.2) is 11.6 Å². The number of aromatic nitrogens is 2. The second-order valence-corrected chi connectivity index (χ2v) is 7.17. The molecule has 7 nitrogen and oxygen atoms in total. The van der Waals surface area contributed by atoms with Crippen molar-refractivity contribution in [3.8, 4) is 5.75 Å². The highest BCUT2D eigenvalue weighted by atomic mass is 19.4. The third-order valence-electron chi connectivity index (χ3n) is 5.21. The van der Waals surface area contributed by atoms with Crippen molar-refractivity contribution < 1.29 is 27.0 Å². The first-order chi connectivity index (χ1) is 14.3. The number of hydrogen-bond donors (Lipinski definition) is 1. The molecule has 0 bridgehead atoms. The van der Waals surface area contributed by atoms with E-state index >= 15 is 0 Å². The van der Waals surface area contributed by atoms with Gasteiger partial charge >= 0.3 is 6.18 Å². The van der Waals surface area contributed by atoms with Gasteiger partial charge in [0.1, 0.15) is 12.2 Å². The molecule has 0 amide bonds. The van der Waals surface area contributed by atoms with Gasteiger partial charge in [-0.2, -0.15) is 18.3 Å². The first kappa shape index (κ1) is 20.6. The summed E-state index contributed by atoms with van der Waals surface area (Å²) < 4.78 is 65.3. The number of ether oxygens (including phenoxy) is 2. The lowest BCUT2D eigenvalue weighted by atomic mass is 10.1. The van der Waals surface area contributed by atoms with Crippen LogP contribution < -0.4 is 15.2 Å². The zero-order valence-corrected chi connectivity index (χ0v) is 16.0. The molecule has 2 aliphatic rings. The molecule has 0 aliphatic carbocycles. The quantitative estimate of drug-likeness (QED) is 0.737. The molecule has 0 radical (unpaired) electrons. The lowest BCUT2D eigenvalue weighted by Gasteiger charge is -2.26. The smallest absolute Gasteiger partial charge is 0.423 e. The topological polar surface area (TPSA) is 70.7 Å². The number of halogens is 4. The second kappa shape index (κ2) is 8.23. The molecule has 0 saturated carbocycles. The van der Waals surface area contributed by atoms with Crippen LogP contribution in [0.3, 0.4) is 0 Å². The van der Waals surface area contributed by atoms with Crippen molar-refractivity contribution in [1.29, 1.82) is 0 Å². The fraction of sp³-hybridized carbons (Fsp3) is 0.474. The molecule has 1 aromatic carbocycles. The summed E-state index contributed by atoms with van der Waals surface area (Å²) in [6, 6.07) is 2.78. The van der Waals surface area contributed by atoms with E-state index in [1.165, 1.54) is 17.0 Å². The van der Waals surface area contributed by atoms with E-state index < -0.39 is 23.1 Å². The summed E-state index contributed by atoms with van der Waals surface area (Å²) in [6.45, 7) is 3.92. The Balaban J connectivity index is 1.49. The van der Waals surface area contributed by atoms with E-state index in [0.29, 0.717) is 30.9 Å². The number of fused-ring (bicyclic) bond motifs is 1. The van der Waals surface area contributed by atoms with E-state index in [1.807, 2.05) is 5.10 Å². The van der Waals surface area contributed by atoms with E-state index in [2.05, 4.69) is 10.00 Å². The number of nitrogens with zero attached hydrogens (tertiary/aromatic N) is 3. The van der Waals surface area contributed by atoms with Gasteiger partial charge in [-0.05, 0) is 23.3 Å². The van der Waals surface area contributed by atoms with Gasteiger partial charge in [0.25, 0.3) is 5.56 Å². The molecule has 2 aromatic rings. The number of rotatable bonds is 5. The zero-order chi connectivity index (χ0) is 21.3. The molecule has 0 atom stereocenters. The average Bonchev–Trinajstić information content (AvgIpc) is 3.10. The summed E-state index contributed by atoms with van der Waals surface area (Å²) in [5.74, 6) is -0.512. The largest absolute Gasteiger partial charge is 0.489 e. The fourth-order valence-corrected chi connectivity index (χ4v) is 3.69. The fourth-order valence-electron chi connectivity index (χ4n) is 3.69. The minimum absolute atomic E-state index is 0.0362. The highest BCUT2D eigenvalue weighted by Crippen LogP contribution is 2.38. The Morgan fingerprint density at radius 3 is 2.57 bits per heavy atom. The molecule has 1 N–H and O–H groups in total. The van der Waals surface area contributed by atoms with Crippen LogP contribution in [-0.2, 0) is 24.0 Å². The Kier molecular flexibility index (Phi) is 5.65. The van der Waals surface area contributed by atoms with Crippen molar-refractivity contribution >= 4 is 5.69 Å². The standard InChI is InChI=1S/C19H20F4N4O3/c20-14-7-12-10-27(15-9-24-25-18(28)17(15)19(21,22)23)11-13(12)8-16(14)30-6-3-26-1-4-29-5-2-26/h7-9H,1-6,10-11H2,(H,25,28). The number of morpholine rings is 1. The number of anilines is 1. The summed E-state index contributed by atoms with van der Waals surface area (Å²) in [5.41, 5.74) is -1.77. The molecule has 11 heteroatoms. The summed E-state index contributed by atoms with van der Waals surface area (Å²) in [5, 5.41) is 5.31. The van der Waals surface area contributed by atoms with Crippen LogP contribution in [0.25, 0.3) is 0 Å². The molecule has 0 spiro atoms. The van der Waals surface area contributed by atoms with Gasteiger partial charge in [0, 0.05) is 32.7 Å². The Labute approximate surface area is 169 Å². The zero-order valence-electron chi connectivity index (χ0n) is 16.0. The third kappa shape index (κ3) is 4.26. The first-order valence-electron chi connectivity index (χ1n) is 9.47. The SMILES string of the molecule is O=c1[nH]ncc(N2Cc3cc(F)c(OCCN4CCOCC4)cc3C2)c1C(F)(F)F. The number of benzene rings is 1. The molecular weight excluding hydrogens is 408 g/mol. The van der Waals surface area contributed by atoms with Gasteiger partial charge in [0.2, 0.25) is 0 Å². The monoisotopic (exact) mass is 428 g/mol. The molecule has 162 valence electrons. The maximum Gasteiger partial charge on any atom is 0.423 e. The van der Waals surface area contributed by atoms with E-state index in [1.54, 1.807) is 0 Å². The highest BCUT2D eigenvalue weighted by Gasteiger charge is 2.39. The number of nitrogens with one attached hydrogen (secondary N) is 1. The van der Waals surface area contributed by atoms with Crippen molar-refractivity contribution in [2.45, 2.75) is 19.3 Å². The molecule has 2 aliphatic heterocycles. The summed E-state index contributed by atoms with van der Waals surface area (Å²) >= 11 is 0. The molecule has 4 rings (SSSR count). The number of alkyl halides is 3. The van der Waals surface area contributed by atoms with Crippen LogP contribution in [0.2, 0.25) is 0 Å². The van der Waals surface area contributed by atoms with Crippen LogP contribution in [0, 0.1) is 5.82 Å². The predicted molar refractivity (Wildman–Crippen MR) is 98.9 cm³/mol. The van der Waals surface area contributed by atoms with E-state index in [9.17, 15) is 22.4 Å². The Hall–Kier alpha value is -2.66. The summed E-state index contributed by atoms with van der Waals surface area (Å²) in [4.78, 5) is 15.2. The van der Waals surface area contributed by atoms with Gasteiger partial charge in [-0.15, -0.1) is 0 Å². The van der Waals surface area contributed by atoms with Crippen molar-refractivity contribution in [3.63, 3.8) is 0 Å². The Bertz CT molecular complexity index is 973. The molecular formula is C19H20F4N4O3. The van der Waals surface area contributed by atoms with Crippen molar-refractivity contribution in [3.05, 3.63) is 51.2 Å². The molecule has 0 unspecified atom stereocenters. The molecule has 1 saturated heterocycles.